The molecule has 0 bridgehead atoms. The normalized spacial score (nSPS) is 11.5. The van der Waals surface area contributed by atoms with Crippen LogP contribution < -0.4 is 9.47 Å². The van der Waals surface area contributed by atoms with Gasteiger partial charge in [0.05, 0.1) is 16.6 Å². The maximum absolute atomic E-state index is 5.96. The molecule has 0 aliphatic heterocycles. The van der Waals surface area contributed by atoms with Crippen LogP contribution in [0.3, 0.4) is 0 Å². The second-order valence-electron chi connectivity index (χ2n) is 9.28. The number of rotatable bonds is 18. The van der Waals surface area contributed by atoms with Crippen molar-refractivity contribution in [2.24, 2.45) is 0 Å². The van der Waals surface area contributed by atoms with E-state index in [0.29, 0.717) is 0 Å². The molecule has 0 saturated carbocycles. The summed E-state index contributed by atoms with van der Waals surface area (Å²) < 4.78 is 11.8. The first-order valence-electron chi connectivity index (χ1n) is 13.2. The third-order valence-corrected chi connectivity index (χ3v) is 7.57. The average Bonchev–Trinajstić information content (AvgIpc) is 2.83. The van der Waals surface area contributed by atoms with Gasteiger partial charge in [-0.05, 0) is 55.2 Å². The molecule has 0 amide bonds. The number of hydrogen-bond donors (Lipinski definition) is 0. The van der Waals surface area contributed by atoms with Gasteiger partial charge in [-0.2, -0.15) is 0 Å². The Hall–Kier alpha value is -1.23. The zero-order valence-corrected chi connectivity index (χ0v) is 23.4. The minimum absolute atomic E-state index is 0.0899. The molecule has 0 aromatic heterocycles. The van der Waals surface area contributed by atoms with Crippen molar-refractivity contribution in [3.8, 4) is 11.5 Å². The van der Waals surface area contributed by atoms with Gasteiger partial charge in [0.15, 0.2) is 0 Å². The summed E-state index contributed by atoms with van der Waals surface area (Å²) in [5.41, 5.74) is 2.58. The van der Waals surface area contributed by atoms with Gasteiger partial charge in [0.2, 0.25) is 0 Å². The third kappa shape index (κ3) is 10.7. The molecule has 184 valence electrons. The molecule has 33 heavy (non-hydrogen) atoms. The van der Waals surface area contributed by atoms with Crippen LogP contribution in [0.4, 0.5) is 0 Å². The molecule has 0 N–H and O–H groups in total. The Morgan fingerprint density at radius 2 is 0.879 bits per heavy atom. The van der Waals surface area contributed by atoms with Gasteiger partial charge in [0, 0.05) is 0 Å². The first-order valence-corrected chi connectivity index (χ1v) is 14.3. The number of halogens is 1. The van der Waals surface area contributed by atoms with E-state index < -0.39 is 0 Å². The highest BCUT2D eigenvalue weighted by Gasteiger charge is 2.25. The Morgan fingerprint density at radius 1 is 0.545 bits per heavy atom. The topological polar surface area (TPSA) is 18.5 Å². The van der Waals surface area contributed by atoms with E-state index in [4.69, 9.17) is 9.47 Å². The second kappa shape index (κ2) is 16.4. The predicted molar refractivity (Wildman–Crippen MR) is 151 cm³/mol. The Labute approximate surface area is 217 Å². The molecule has 2 rings (SSSR count). The summed E-state index contributed by atoms with van der Waals surface area (Å²) in [6, 6.07) is 17.3. The minimum atomic E-state index is -0.0899. The number of alkyl halides is 1. The molecule has 3 heteroatoms. The van der Waals surface area contributed by atoms with Crippen LogP contribution in [0, 0.1) is 0 Å². The predicted octanol–water partition coefficient (Wildman–Crippen LogP) is 9.86. The lowest BCUT2D eigenvalue weighted by Crippen LogP contribution is -2.14. The molecule has 2 nitrogen and oxygen atoms in total. The van der Waals surface area contributed by atoms with Gasteiger partial charge in [0.25, 0.3) is 0 Å². The zero-order valence-electron chi connectivity index (χ0n) is 21.2. The van der Waals surface area contributed by atoms with Crippen LogP contribution in [0.2, 0.25) is 0 Å². The van der Waals surface area contributed by atoms with Crippen molar-refractivity contribution in [2.75, 3.05) is 13.2 Å². The monoisotopic (exact) mass is 564 g/mol. The Kier molecular flexibility index (Phi) is 13.9. The van der Waals surface area contributed by atoms with E-state index >= 15 is 0 Å². The molecule has 0 atom stereocenters. The van der Waals surface area contributed by atoms with Crippen LogP contribution in [0.25, 0.3) is 0 Å². The summed E-state index contributed by atoms with van der Waals surface area (Å²) in [7, 11) is 0. The van der Waals surface area contributed by atoms with E-state index in [9.17, 15) is 0 Å². The van der Waals surface area contributed by atoms with E-state index in [1.165, 1.54) is 75.3 Å². The van der Waals surface area contributed by atoms with Gasteiger partial charge in [-0.15, -0.1) is 0 Å². The first kappa shape index (κ1) is 28.0. The van der Waals surface area contributed by atoms with E-state index in [1.807, 2.05) is 0 Å². The van der Waals surface area contributed by atoms with Crippen molar-refractivity contribution in [1.29, 1.82) is 0 Å². The highest BCUT2D eigenvalue weighted by molar-refractivity contribution is 14.1. The van der Waals surface area contributed by atoms with Crippen LogP contribution in [0.1, 0.15) is 109 Å². The van der Waals surface area contributed by atoms with Crippen LogP contribution >= 0.6 is 22.6 Å². The van der Waals surface area contributed by atoms with Crippen molar-refractivity contribution < 1.29 is 9.47 Å². The molecule has 0 aliphatic rings. The van der Waals surface area contributed by atoms with Gasteiger partial charge in [-0.25, -0.2) is 0 Å². The second-order valence-corrected chi connectivity index (χ2v) is 11.4. The summed E-state index contributed by atoms with van der Waals surface area (Å²) in [6.07, 6.45) is 15.5. The summed E-state index contributed by atoms with van der Waals surface area (Å²) in [4.78, 5) is 0. The number of unbranched alkanes of at least 4 members (excludes halogenated alkanes) is 10. The Balaban J connectivity index is 1.76. The van der Waals surface area contributed by atoms with E-state index in [2.05, 4.69) is 91.9 Å². The summed E-state index contributed by atoms with van der Waals surface area (Å²) >= 11 is 2.55. The van der Waals surface area contributed by atoms with Crippen molar-refractivity contribution >= 4 is 22.6 Å². The molecule has 0 fully saturated rings. The number of ether oxygens (including phenoxy) is 2. The first-order chi connectivity index (χ1) is 16.1. The van der Waals surface area contributed by atoms with Crippen LogP contribution in [0.5, 0.6) is 11.5 Å². The smallest absolute Gasteiger partial charge is 0.119 e. The molecule has 0 radical (unpaired) electrons. The lowest BCUT2D eigenvalue weighted by molar-refractivity contribution is 0.304. The minimum Gasteiger partial charge on any atom is -0.494 e. The lowest BCUT2D eigenvalue weighted by atomic mass is 9.93. The van der Waals surface area contributed by atoms with Crippen molar-refractivity contribution in [2.45, 2.75) is 101 Å². The van der Waals surface area contributed by atoms with Crippen molar-refractivity contribution in [1.82, 2.24) is 0 Å². The number of hydrogen-bond acceptors (Lipinski definition) is 2. The van der Waals surface area contributed by atoms with E-state index in [1.54, 1.807) is 0 Å². The Bertz CT molecular complexity index is 673. The molecule has 0 spiro atoms. The SMILES string of the molecule is CCCCCCCCOc1ccc(C(C)(I)c2ccc(OCCCCCCCC)cc2)cc1. The third-order valence-electron chi connectivity index (χ3n) is 6.33. The van der Waals surface area contributed by atoms with Crippen molar-refractivity contribution in [3.05, 3.63) is 59.7 Å². The molecular formula is C30H45IO2. The van der Waals surface area contributed by atoms with E-state index in [-0.39, 0.29) is 3.42 Å². The molecule has 2 aromatic rings. The maximum atomic E-state index is 5.96. The lowest BCUT2D eigenvalue weighted by Gasteiger charge is -2.24. The van der Waals surface area contributed by atoms with Gasteiger partial charge in [-0.3, -0.25) is 0 Å². The zero-order chi connectivity index (χ0) is 23.8. The molecule has 2 aromatic carbocycles. The molecule has 0 aliphatic carbocycles. The maximum Gasteiger partial charge on any atom is 0.119 e. The van der Waals surface area contributed by atoms with Crippen LogP contribution in [-0.2, 0) is 3.42 Å². The molecular weight excluding hydrogens is 519 g/mol. The van der Waals surface area contributed by atoms with E-state index in [0.717, 1.165) is 37.6 Å². The highest BCUT2D eigenvalue weighted by Crippen LogP contribution is 2.39. The summed E-state index contributed by atoms with van der Waals surface area (Å²) in [5, 5.41) is 0. The fourth-order valence-electron chi connectivity index (χ4n) is 4.04. The standard InChI is InChI=1S/C30H45IO2/c1-4-6-8-10-12-14-24-32-28-20-16-26(17-21-28)30(3,31)27-18-22-29(23-19-27)33-25-15-13-11-9-7-5-2/h16-23H,4-15,24-25H2,1-3H3. The average molecular weight is 565 g/mol. The summed E-state index contributed by atoms with van der Waals surface area (Å²) in [6.45, 7) is 8.41. The Morgan fingerprint density at radius 3 is 1.24 bits per heavy atom. The van der Waals surface area contributed by atoms with Crippen molar-refractivity contribution in [3.63, 3.8) is 0 Å². The van der Waals surface area contributed by atoms with Gasteiger partial charge in [0.1, 0.15) is 11.5 Å². The van der Waals surface area contributed by atoms with Crippen LogP contribution in [0.15, 0.2) is 48.5 Å². The molecule has 0 unspecified atom stereocenters. The molecule has 0 saturated heterocycles. The quantitative estimate of drug-likeness (QED) is 0.102. The van der Waals surface area contributed by atoms with Gasteiger partial charge in [-0.1, -0.05) is 125 Å². The van der Waals surface area contributed by atoms with Gasteiger partial charge >= 0.3 is 0 Å². The molecule has 0 heterocycles. The summed E-state index contributed by atoms with van der Waals surface area (Å²) in [5.74, 6) is 1.94. The number of benzene rings is 2. The highest BCUT2D eigenvalue weighted by atomic mass is 127. The van der Waals surface area contributed by atoms with Crippen LogP contribution in [-0.4, -0.2) is 13.2 Å². The fourth-order valence-corrected chi connectivity index (χ4v) is 4.76. The largest absolute Gasteiger partial charge is 0.494 e. The van der Waals surface area contributed by atoms with Gasteiger partial charge < -0.3 is 9.47 Å². The fraction of sp³-hybridized carbons (Fsp3) is 0.600.